The van der Waals surface area contributed by atoms with Gasteiger partial charge >= 0.3 is 303 Å². The molecule has 0 amide bonds. The van der Waals surface area contributed by atoms with Crippen LogP contribution in [-0.4, -0.2) is 6.94 Å². The molecule has 2 aliphatic carbocycles. The molecule has 0 bridgehead atoms. The van der Waals surface area contributed by atoms with Crippen LogP contribution >= 0.6 is 0 Å². The Kier molecular flexibility index (Phi) is 10.0. The number of hydrogen-bond acceptors (Lipinski definition) is 0. The van der Waals surface area contributed by atoms with E-state index in [1.165, 1.54) is 104 Å². The third-order valence-corrected chi connectivity index (χ3v) is 71.1. The minimum absolute atomic E-state index is 0.455. The van der Waals surface area contributed by atoms with Crippen molar-refractivity contribution in [1.82, 2.24) is 0 Å². The average Bonchev–Trinajstić information content (AvgIpc) is 3.80. The maximum atomic E-state index is 2.99. The summed E-state index contributed by atoms with van der Waals surface area (Å²) in [5.74, 6) is 0. The molecule has 0 fully saturated rings. The molecule has 0 spiro atoms. The molecule has 0 aromatic heterocycles. The van der Waals surface area contributed by atoms with Gasteiger partial charge in [-0.25, -0.2) is 0 Å². The fourth-order valence-corrected chi connectivity index (χ4v) is 60.9. The number of rotatable bonds is 16. The first-order valence-corrected chi connectivity index (χ1v) is 45.0. The van der Waals surface area contributed by atoms with Crippen molar-refractivity contribution in [3.63, 3.8) is 0 Å². The Morgan fingerprint density at radius 3 is 1.28 bits per heavy atom. The van der Waals surface area contributed by atoms with Crippen molar-refractivity contribution in [1.29, 1.82) is 0 Å². The van der Waals surface area contributed by atoms with Gasteiger partial charge in [0.15, 0.2) is 0 Å². The van der Waals surface area contributed by atoms with E-state index in [0.717, 1.165) is 12.8 Å². The topological polar surface area (TPSA) is 0 Å². The third-order valence-electron chi connectivity index (χ3n) is 14.5. The normalized spacial score (nSPS) is 18.6. The molecule has 0 heterocycles. The van der Waals surface area contributed by atoms with E-state index in [0.29, 0.717) is 7.35 Å². The van der Waals surface area contributed by atoms with Gasteiger partial charge in [-0.15, -0.1) is 0 Å². The molecule has 0 saturated heterocycles. The Bertz CT molecular complexity index is 1920. The standard InChI is InChI=1S/2C17H15.2C6H13.2CH3.Hf.H2Si/c2*1-2-13-7-3-4-10-15(13)17-12-6-9-14-8-5-11-16(14)17;2*1-3-5-6-4-2;;;;/h2*3-12H,2H2,1H3;2*1,3-6H2,2H3;2*1H3;;1H2. The van der Waals surface area contributed by atoms with Crippen molar-refractivity contribution in [3.05, 3.63) is 130 Å². The number of aryl methyl sites for hydroxylation is 2. The van der Waals surface area contributed by atoms with E-state index in [-0.39, 0.29) is 0 Å². The first kappa shape index (κ1) is 37.2. The SMILES string of the molecule is CCCCC[CH2][Hf]([CH3])([CH3])(=[SiH2])([CH2]CCCCC)([CH]1C=Cc2c(-c3ccccc3CC)cccc21)[CH]1C=Cc2c(-c3ccccc3CC)cccc21. The summed E-state index contributed by atoms with van der Waals surface area (Å²) in [5, 5.41) is 0. The molecule has 264 valence electrons. The Hall–Kier alpha value is -2.55. The monoisotopic (exact) mass is 848 g/mol. The number of fused-ring (bicyclic) bond motifs is 2. The van der Waals surface area contributed by atoms with E-state index in [1.807, 2.05) is 0 Å². The van der Waals surface area contributed by atoms with Gasteiger partial charge in [0.1, 0.15) is 0 Å². The molecule has 4 aromatic rings. The van der Waals surface area contributed by atoms with Crippen molar-refractivity contribution in [2.45, 2.75) is 117 Å². The molecule has 50 heavy (non-hydrogen) atoms. The van der Waals surface area contributed by atoms with Crippen LogP contribution < -0.4 is 0 Å². The average molecular weight is 848 g/mol. The van der Waals surface area contributed by atoms with E-state index in [9.17, 15) is 0 Å². The number of benzene rings is 4. The van der Waals surface area contributed by atoms with Crippen LogP contribution in [0.2, 0.25) is 17.7 Å². The van der Waals surface area contributed by atoms with Crippen LogP contribution in [0.15, 0.2) is 97.1 Å². The van der Waals surface area contributed by atoms with Crippen LogP contribution in [0, 0.1) is 0 Å². The first-order valence-electron chi connectivity index (χ1n) is 20.3. The summed E-state index contributed by atoms with van der Waals surface area (Å²) in [7, 11) is 0. The zero-order valence-electron chi connectivity index (χ0n) is 32.2. The van der Waals surface area contributed by atoms with Crippen molar-refractivity contribution in [2.75, 3.05) is 0 Å². The zero-order valence-corrected chi connectivity index (χ0v) is 37.2. The predicted octanol–water partition coefficient (Wildman–Crippen LogP) is 14.4. The van der Waals surface area contributed by atoms with Gasteiger partial charge < -0.3 is 0 Å². The molecule has 2 aliphatic rings. The minimum atomic E-state index is -5.19. The predicted molar refractivity (Wildman–Crippen MR) is 224 cm³/mol. The van der Waals surface area contributed by atoms with Gasteiger partial charge in [0.2, 0.25) is 0 Å². The van der Waals surface area contributed by atoms with E-state index in [4.69, 9.17) is 0 Å². The van der Waals surface area contributed by atoms with Crippen LogP contribution in [0.1, 0.15) is 120 Å². The second-order valence-corrected chi connectivity index (χ2v) is 95.9. The number of allylic oxidation sites excluding steroid dienone is 2. The second-order valence-electron chi connectivity index (χ2n) is 18.9. The maximum absolute atomic E-state index is 5.19. The second kappa shape index (κ2) is 13.5. The van der Waals surface area contributed by atoms with Gasteiger partial charge in [0, 0.05) is 0 Å². The summed E-state index contributed by atoms with van der Waals surface area (Å²) in [5.41, 5.74) is 14.8. The number of hydrogen-bond donors (Lipinski definition) is 0. The van der Waals surface area contributed by atoms with Crippen LogP contribution in [0.25, 0.3) is 34.4 Å². The van der Waals surface area contributed by atoms with E-state index in [1.54, 1.807) is 11.1 Å². The molecule has 0 aliphatic heterocycles. The van der Waals surface area contributed by atoms with Crippen molar-refractivity contribution in [3.8, 4) is 22.3 Å². The van der Waals surface area contributed by atoms with E-state index in [2.05, 4.69) is 153 Å². The summed E-state index contributed by atoms with van der Waals surface area (Å²) < 4.78 is 9.65. The van der Waals surface area contributed by atoms with Crippen LogP contribution in [0.3, 0.4) is 0 Å². The molecular weight excluding hydrogens is 783 g/mol. The summed E-state index contributed by atoms with van der Waals surface area (Å²) in [4.78, 5) is 0. The van der Waals surface area contributed by atoms with Gasteiger partial charge in [-0.2, -0.15) is 0 Å². The van der Waals surface area contributed by atoms with Gasteiger partial charge in [0.05, 0.1) is 0 Å². The van der Waals surface area contributed by atoms with Gasteiger partial charge in [-0.1, -0.05) is 0 Å². The third kappa shape index (κ3) is 6.09. The van der Waals surface area contributed by atoms with Crippen molar-refractivity contribution in [2.24, 2.45) is 0 Å². The zero-order chi connectivity index (χ0) is 35.5. The van der Waals surface area contributed by atoms with Crippen LogP contribution in [-0.2, 0) is 27.0 Å². The summed E-state index contributed by atoms with van der Waals surface area (Å²) in [6, 6.07) is 32.9. The molecule has 2 atom stereocenters. The molecular formula is C48H64HfSi. The van der Waals surface area contributed by atoms with Gasteiger partial charge in [0.25, 0.3) is 0 Å². The van der Waals surface area contributed by atoms with Crippen LogP contribution in [0.4, 0.5) is 0 Å². The van der Waals surface area contributed by atoms with Crippen molar-refractivity contribution >= 4 is 19.1 Å². The molecule has 2 heteroatoms. The van der Waals surface area contributed by atoms with Crippen LogP contribution in [0.5, 0.6) is 0 Å². The number of unbranched alkanes of at least 4 members (excludes halogenated alkanes) is 6. The molecule has 2 unspecified atom stereocenters. The Labute approximate surface area is 301 Å². The molecule has 0 N–H and O–H groups in total. The fraction of sp³-hybridized carbons (Fsp3) is 0.417. The Morgan fingerprint density at radius 2 is 0.880 bits per heavy atom. The Balaban J connectivity index is 1.62. The molecule has 4 aromatic carbocycles. The van der Waals surface area contributed by atoms with Gasteiger partial charge in [-0.05, 0) is 0 Å². The fourth-order valence-electron chi connectivity index (χ4n) is 11.4. The summed E-state index contributed by atoms with van der Waals surface area (Å²) in [6.45, 7) is 12.0. The first-order chi connectivity index (χ1) is 24.0. The van der Waals surface area contributed by atoms with Gasteiger partial charge in [-0.3, -0.25) is 0 Å². The van der Waals surface area contributed by atoms with E-state index < -0.39 is 14.2 Å². The molecule has 6 rings (SSSR count). The molecule has 0 saturated carbocycles. The molecule has 0 radical (unpaired) electrons. The summed E-state index contributed by atoms with van der Waals surface area (Å²) >= 11 is -5.19. The Morgan fingerprint density at radius 1 is 0.480 bits per heavy atom. The summed E-state index contributed by atoms with van der Waals surface area (Å²) in [6.07, 6.45) is 23.3. The quantitative estimate of drug-likeness (QED) is 0.0778. The van der Waals surface area contributed by atoms with Crippen molar-refractivity contribution < 1.29 is 14.2 Å². The van der Waals surface area contributed by atoms with E-state index >= 15 is 0 Å². The molecule has 0 nitrogen and oxygen atoms in total.